The Morgan fingerprint density at radius 3 is 2.79 bits per heavy atom. The van der Waals surface area contributed by atoms with E-state index in [-0.39, 0.29) is 31.1 Å². The standard InChI is InChI=1S/C26H32N8O4/c1-16(2)32(4)23-12-18-19(21(30-23)14-38-26(36)27-3)13-33(25(18)35)22-7-5-6-20(29-22)24-31-28-15-34(24)17-8-10-37-11-9-17/h5-7,12,15-17H,8-11,13-14H2,1-4H3,(H,27,36). The van der Waals surface area contributed by atoms with Crippen LogP contribution in [0.5, 0.6) is 0 Å². The van der Waals surface area contributed by atoms with Crippen molar-refractivity contribution in [1.29, 1.82) is 0 Å². The Kier molecular flexibility index (Phi) is 7.23. The van der Waals surface area contributed by atoms with E-state index in [1.165, 1.54) is 7.05 Å². The molecule has 5 rings (SSSR count). The van der Waals surface area contributed by atoms with E-state index in [2.05, 4.69) is 15.5 Å². The maximum absolute atomic E-state index is 13.7. The van der Waals surface area contributed by atoms with Crippen LogP contribution in [0.25, 0.3) is 11.5 Å². The molecule has 12 nitrogen and oxygen atoms in total. The van der Waals surface area contributed by atoms with Crippen LogP contribution in [0.4, 0.5) is 16.4 Å². The number of hydrogen-bond acceptors (Lipinski definition) is 9. The summed E-state index contributed by atoms with van der Waals surface area (Å²) in [6, 6.07) is 7.74. The molecule has 1 fully saturated rings. The van der Waals surface area contributed by atoms with Crippen LogP contribution in [0.15, 0.2) is 30.6 Å². The van der Waals surface area contributed by atoms with Crippen LogP contribution in [0.3, 0.4) is 0 Å². The summed E-state index contributed by atoms with van der Waals surface area (Å²) in [4.78, 5) is 38.6. The van der Waals surface area contributed by atoms with E-state index >= 15 is 0 Å². The molecule has 2 aliphatic rings. The molecule has 12 heteroatoms. The number of carbonyl (C=O) groups excluding carboxylic acids is 2. The molecule has 200 valence electrons. The zero-order chi connectivity index (χ0) is 26.8. The monoisotopic (exact) mass is 520 g/mol. The van der Waals surface area contributed by atoms with Crippen molar-refractivity contribution in [2.24, 2.45) is 0 Å². The molecular formula is C26H32N8O4. The molecule has 0 aromatic carbocycles. The molecule has 3 aromatic rings. The molecule has 38 heavy (non-hydrogen) atoms. The number of nitrogens with one attached hydrogen (secondary N) is 1. The van der Waals surface area contributed by atoms with Crippen molar-refractivity contribution in [3.05, 3.63) is 47.4 Å². The first kappa shape index (κ1) is 25.6. The fraction of sp³-hybridized carbons (Fsp3) is 0.462. The van der Waals surface area contributed by atoms with Gasteiger partial charge < -0.3 is 24.3 Å². The van der Waals surface area contributed by atoms with Gasteiger partial charge in [-0.2, -0.15) is 0 Å². The largest absolute Gasteiger partial charge is 0.443 e. The number of amides is 2. The van der Waals surface area contributed by atoms with E-state index in [0.717, 1.165) is 18.4 Å². The van der Waals surface area contributed by atoms with Crippen molar-refractivity contribution in [3.63, 3.8) is 0 Å². The van der Waals surface area contributed by atoms with Gasteiger partial charge in [0.25, 0.3) is 5.91 Å². The average molecular weight is 521 g/mol. The summed E-state index contributed by atoms with van der Waals surface area (Å²) in [6.07, 6.45) is 2.93. The van der Waals surface area contributed by atoms with E-state index in [0.29, 0.717) is 47.6 Å². The van der Waals surface area contributed by atoms with Gasteiger partial charge in [-0.15, -0.1) is 10.2 Å². The summed E-state index contributed by atoms with van der Waals surface area (Å²) in [7, 11) is 3.41. The lowest BCUT2D eigenvalue weighted by molar-refractivity contribution is 0.0699. The highest BCUT2D eigenvalue weighted by atomic mass is 16.5. The number of rotatable bonds is 7. The Morgan fingerprint density at radius 1 is 1.26 bits per heavy atom. The van der Waals surface area contributed by atoms with Gasteiger partial charge in [-0.1, -0.05) is 6.07 Å². The second kappa shape index (κ2) is 10.7. The number of anilines is 2. The van der Waals surface area contributed by atoms with Gasteiger partial charge in [-0.05, 0) is 44.9 Å². The highest BCUT2D eigenvalue weighted by Gasteiger charge is 2.34. The topological polar surface area (TPSA) is 128 Å². The Balaban J connectivity index is 1.47. The molecule has 3 aromatic heterocycles. The van der Waals surface area contributed by atoms with Crippen LogP contribution in [-0.2, 0) is 22.6 Å². The molecule has 0 saturated carbocycles. The number of alkyl carbamates (subject to hydrolysis) is 1. The van der Waals surface area contributed by atoms with Crippen LogP contribution in [-0.4, -0.2) is 70.1 Å². The molecule has 2 amide bonds. The minimum absolute atomic E-state index is 0.0510. The number of carbonyl (C=O) groups is 2. The highest BCUT2D eigenvalue weighted by molar-refractivity contribution is 6.10. The van der Waals surface area contributed by atoms with Crippen molar-refractivity contribution in [3.8, 4) is 11.5 Å². The summed E-state index contributed by atoms with van der Waals surface area (Å²) < 4.78 is 12.9. The first-order chi connectivity index (χ1) is 18.4. The maximum Gasteiger partial charge on any atom is 0.407 e. The minimum Gasteiger partial charge on any atom is -0.443 e. The molecule has 1 saturated heterocycles. The average Bonchev–Trinajstić information content (AvgIpc) is 3.57. The van der Waals surface area contributed by atoms with Gasteiger partial charge in [0.1, 0.15) is 30.3 Å². The highest BCUT2D eigenvalue weighted by Crippen LogP contribution is 2.33. The van der Waals surface area contributed by atoms with E-state index in [9.17, 15) is 9.59 Å². The van der Waals surface area contributed by atoms with E-state index in [1.807, 2.05) is 42.5 Å². The lowest BCUT2D eigenvalue weighted by atomic mass is 10.1. The number of nitrogens with zero attached hydrogens (tertiary/aromatic N) is 7. The fourth-order valence-electron chi connectivity index (χ4n) is 4.66. The summed E-state index contributed by atoms with van der Waals surface area (Å²) in [6.45, 7) is 5.69. The number of fused-ring (bicyclic) bond motifs is 1. The third-order valence-corrected chi connectivity index (χ3v) is 7.07. The van der Waals surface area contributed by atoms with Gasteiger partial charge in [-0.3, -0.25) is 9.69 Å². The molecule has 0 radical (unpaired) electrons. The Bertz CT molecular complexity index is 1330. The first-order valence-corrected chi connectivity index (χ1v) is 12.7. The van der Waals surface area contributed by atoms with Crippen LogP contribution in [0.1, 0.15) is 54.3 Å². The maximum atomic E-state index is 13.7. The van der Waals surface area contributed by atoms with Crippen molar-refractivity contribution >= 4 is 23.6 Å². The first-order valence-electron chi connectivity index (χ1n) is 12.7. The van der Waals surface area contributed by atoms with E-state index in [4.69, 9.17) is 19.4 Å². The van der Waals surface area contributed by atoms with Gasteiger partial charge in [0.05, 0.1) is 17.8 Å². The smallest absolute Gasteiger partial charge is 0.407 e. The van der Waals surface area contributed by atoms with Crippen molar-refractivity contribution in [1.82, 2.24) is 30.0 Å². The fourth-order valence-corrected chi connectivity index (χ4v) is 4.66. The number of pyridine rings is 2. The molecule has 2 aliphatic heterocycles. The van der Waals surface area contributed by atoms with Crippen LogP contribution in [0, 0.1) is 0 Å². The van der Waals surface area contributed by atoms with Gasteiger partial charge >= 0.3 is 6.09 Å². The van der Waals surface area contributed by atoms with Crippen LogP contribution in [0.2, 0.25) is 0 Å². The zero-order valence-corrected chi connectivity index (χ0v) is 22.0. The van der Waals surface area contributed by atoms with Crippen LogP contribution >= 0.6 is 0 Å². The van der Waals surface area contributed by atoms with Gasteiger partial charge in [0, 0.05) is 45.0 Å². The summed E-state index contributed by atoms with van der Waals surface area (Å²) in [5, 5.41) is 10.9. The second-order valence-electron chi connectivity index (χ2n) is 9.66. The predicted molar refractivity (Wildman–Crippen MR) is 140 cm³/mol. The number of hydrogen-bond donors (Lipinski definition) is 1. The van der Waals surface area contributed by atoms with E-state index in [1.54, 1.807) is 23.4 Å². The molecule has 1 N–H and O–H groups in total. The third kappa shape index (κ3) is 4.91. The van der Waals surface area contributed by atoms with Crippen molar-refractivity contribution < 1.29 is 19.1 Å². The molecule has 0 aliphatic carbocycles. The van der Waals surface area contributed by atoms with Gasteiger partial charge in [0.15, 0.2) is 5.82 Å². The van der Waals surface area contributed by atoms with E-state index < -0.39 is 6.09 Å². The van der Waals surface area contributed by atoms with Crippen molar-refractivity contribution in [2.45, 2.75) is 51.9 Å². The van der Waals surface area contributed by atoms with Crippen molar-refractivity contribution in [2.75, 3.05) is 37.1 Å². The molecule has 0 spiro atoms. The molecule has 0 atom stereocenters. The lowest BCUT2D eigenvalue weighted by Gasteiger charge is -2.24. The summed E-state index contributed by atoms with van der Waals surface area (Å²) >= 11 is 0. The van der Waals surface area contributed by atoms with Crippen LogP contribution < -0.4 is 15.1 Å². The molecular weight excluding hydrogens is 488 g/mol. The number of aromatic nitrogens is 5. The van der Waals surface area contributed by atoms with Gasteiger partial charge in [0.2, 0.25) is 0 Å². The quantitative estimate of drug-likeness (QED) is 0.500. The zero-order valence-electron chi connectivity index (χ0n) is 22.0. The molecule has 0 unspecified atom stereocenters. The third-order valence-electron chi connectivity index (χ3n) is 7.07. The summed E-state index contributed by atoms with van der Waals surface area (Å²) in [5.41, 5.74) is 2.42. The second-order valence-corrected chi connectivity index (χ2v) is 9.66. The predicted octanol–water partition coefficient (Wildman–Crippen LogP) is 2.95. The summed E-state index contributed by atoms with van der Waals surface area (Å²) in [5.74, 6) is 1.61. The SMILES string of the molecule is CNC(=O)OCc1nc(N(C)C(C)C)cc2c1CN(c1cccc(-c3nncn3C3CCOCC3)n1)C2=O. The van der Waals surface area contributed by atoms with Gasteiger partial charge in [-0.25, -0.2) is 14.8 Å². The number of ether oxygens (including phenoxy) is 2. The Labute approximate surface area is 221 Å². The normalized spacial score (nSPS) is 15.6. The molecule has 0 bridgehead atoms. The lowest BCUT2D eigenvalue weighted by Crippen LogP contribution is -2.27. The molecule has 5 heterocycles. The Hall–Kier alpha value is -4.06. The Morgan fingerprint density at radius 2 is 2.05 bits per heavy atom. The minimum atomic E-state index is -0.563.